The number of aryl methyl sites for hydroxylation is 1. The molecule has 0 spiro atoms. The molecule has 0 N–H and O–H groups in total. The van der Waals surface area contributed by atoms with Gasteiger partial charge in [0.25, 0.3) is 0 Å². The van der Waals surface area contributed by atoms with Crippen molar-refractivity contribution >= 4 is 17.4 Å². The Morgan fingerprint density at radius 2 is 1.98 bits per heavy atom. The van der Waals surface area contributed by atoms with Crippen LogP contribution in [0.5, 0.6) is 6.01 Å². The van der Waals surface area contributed by atoms with Crippen LogP contribution in [0.1, 0.15) is 36.1 Å². The number of hydrogen-bond donors (Lipinski definition) is 0. The van der Waals surface area contributed by atoms with Gasteiger partial charge in [-0.05, 0) is 50.4 Å². The Kier molecular flexibility index (Phi) is 8.31. The van der Waals surface area contributed by atoms with Gasteiger partial charge in [0.2, 0.25) is 5.91 Å². The van der Waals surface area contributed by atoms with Crippen LogP contribution in [0.2, 0.25) is 0 Å². The third-order valence-corrected chi connectivity index (χ3v) is 9.32. The number of piperazine rings is 1. The predicted molar refractivity (Wildman–Crippen MR) is 161 cm³/mol. The number of methoxy groups -OCH3 is 1. The number of hydrogen-bond acceptors (Lipinski definition) is 9. The fourth-order valence-electron chi connectivity index (χ4n) is 7.21. The molecule has 42 heavy (non-hydrogen) atoms. The fraction of sp³-hybridized carbons (Fsp3) is 0.562. The minimum absolute atomic E-state index is 0.0517. The number of benzene rings is 1. The van der Waals surface area contributed by atoms with E-state index in [1.807, 2.05) is 0 Å². The summed E-state index contributed by atoms with van der Waals surface area (Å²) in [7, 11) is 3.79. The maximum atomic E-state index is 12.5. The van der Waals surface area contributed by atoms with Crippen LogP contribution in [0.15, 0.2) is 36.9 Å². The molecule has 4 atom stereocenters. The number of fused-ring (bicyclic) bond motifs is 2. The first-order chi connectivity index (χ1) is 20.5. The number of carbonyl (C=O) groups is 1. The van der Waals surface area contributed by atoms with Crippen LogP contribution in [0.4, 0.5) is 11.5 Å². The van der Waals surface area contributed by atoms with Gasteiger partial charge in [0.05, 0.1) is 24.2 Å². The zero-order chi connectivity index (χ0) is 29.2. The summed E-state index contributed by atoms with van der Waals surface area (Å²) in [5, 5.41) is 9.54. The number of aromatic nitrogens is 2. The van der Waals surface area contributed by atoms with Gasteiger partial charge >= 0.3 is 6.01 Å². The molecule has 4 aliphatic rings. The molecule has 3 aliphatic heterocycles. The second-order valence-corrected chi connectivity index (χ2v) is 11.9. The van der Waals surface area contributed by atoms with Crippen molar-refractivity contribution in [1.29, 1.82) is 5.26 Å². The van der Waals surface area contributed by atoms with Crippen LogP contribution >= 0.6 is 0 Å². The molecule has 1 aromatic heterocycles. The fourth-order valence-corrected chi connectivity index (χ4v) is 7.21. The number of rotatable bonds is 7. The van der Waals surface area contributed by atoms with E-state index in [1.54, 1.807) is 12.0 Å². The lowest BCUT2D eigenvalue weighted by Crippen LogP contribution is -2.55. The van der Waals surface area contributed by atoms with E-state index < -0.39 is 0 Å². The topological polar surface area (TPSA) is 98.1 Å². The first-order valence-corrected chi connectivity index (χ1v) is 15.2. The Balaban J connectivity index is 1.33. The minimum Gasteiger partial charge on any atom is -0.456 e. The van der Waals surface area contributed by atoms with Gasteiger partial charge in [0.15, 0.2) is 0 Å². The zero-order valence-electron chi connectivity index (χ0n) is 24.7. The number of nitrogens with zero attached hydrogens (tertiary/aromatic N) is 7. The standard InChI is InChI=1S/C32H41N7O3/c1-4-30(40)39-17-16-37(19-24(39)13-14-33)31-25-12-11-23(38-15-7-9-22-8-5-6-10-27(22)38)18-26(25)34-32(35-31)42-29-21-36(2)20-28(29)41-3/h4-6,8,10,23-24,28-29H,1,7,9,11-13,15-21H2,2-3H3/t23-,24+,28-,29-/m1/s1. The SMILES string of the molecule is C=CC(=O)N1CCN(c2nc(O[C@@H]3CN(C)C[C@H]3OC)nc3c2CC[C@@H](N2CCCc4ccccc42)C3)C[C@@H]1CC#N. The molecule has 222 valence electrons. The summed E-state index contributed by atoms with van der Waals surface area (Å²) in [6.45, 7) is 7.93. The second-order valence-electron chi connectivity index (χ2n) is 11.9. The van der Waals surface area contributed by atoms with E-state index in [2.05, 4.69) is 58.7 Å². The molecule has 4 heterocycles. The highest BCUT2D eigenvalue weighted by molar-refractivity contribution is 5.87. The molecule has 6 rings (SSSR count). The third kappa shape index (κ3) is 5.55. The number of anilines is 2. The smallest absolute Gasteiger partial charge is 0.319 e. The van der Waals surface area contributed by atoms with Crippen LogP contribution in [0, 0.1) is 11.3 Å². The third-order valence-electron chi connectivity index (χ3n) is 9.32. The van der Waals surface area contributed by atoms with Crippen LogP contribution in [-0.4, -0.2) is 103 Å². The molecule has 0 unspecified atom stereocenters. The van der Waals surface area contributed by atoms with Crippen molar-refractivity contribution in [3.05, 3.63) is 53.7 Å². The Hall–Kier alpha value is -3.68. The van der Waals surface area contributed by atoms with Crippen LogP contribution in [0.25, 0.3) is 0 Å². The van der Waals surface area contributed by atoms with Crippen molar-refractivity contribution in [1.82, 2.24) is 19.8 Å². The monoisotopic (exact) mass is 571 g/mol. The summed E-state index contributed by atoms with van der Waals surface area (Å²) >= 11 is 0. The highest BCUT2D eigenvalue weighted by Crippen LogP contribution is 2.37. The molecule has 2 saturated heterocycles. The quantitative estimate of drug-likeness (QED) is 0.465. The van der Waals surface area contributed by atoms with Gasteiger partial charge in [-0.2, -0.15) is 15.2 Å². The van der Waals surface area contributed by atoms with Crippen LogP contribution < -0.4 is 14.5 Å². The van der Waals surface area contributed by atoms with Gasteiger partial charge in [-0.25, -0.2) is 0 Å². The average Bonchev–Trinajstić information content (AvgIpc) is 3.38. The molecule has 2 fully saturated rings. The highest BCUT2D eigenvalue weighted by Gasteiger charge is 2.37. The van der Waals surface area contributed by atoms with Gasteiger partial charge in [-0.3, -0.25) is 9.69 Å². The molecule has 1 amide bonds. The van der Waals surface area contributed by atoms with Gasteiger partial charge < -0.3 is 24.2 Å². The van der Waals surface area contributed by atoms with E-state index in [1.165, 1.54) is 17.3 Å². The molecule has 2 aromatic rings. The maximum absolute atomic E-state index is 12.5. The largest absolute Gasteiger partial charge is 0.456 e. The number of ether oxygens (including phenoxy) is 2. The number of para-hydroxylation sites is 1. The molecule has 1 aromatic carbocycles. The molecule has 0 bridgehead atoms. The number of likely N-dealkylation sites (N-methyl/N-ethyl adjacent to an activating group) is 1. The summed E-state index contributed by atoms with van der Waals surface area (Å²) < 4.78 is 12.2. The zero-order valence-corrected chi connectivity index (χ0v) is 24.7. The van der Waals surface area contributed by atoms with Gasteiger partial charge in [0.1, 0.15) is 18.0 Å². The van der Waals surface area contributed by atoms with E-state index in [-0.39, 0.29) is 30.6 Å². The lowest BCUT2D eigenvalue weighted by atomic mass is 9.88. The summed E-state index contributed by atoms with van der Waals surface area (Å²) in [4.78, 5) is 31.4. The normalized spacial score (nSPS) is 25.9. The van der Waals surface area contributed by atoms with E-state index in [0.29, 0.717) is 31.7 Å². The second kappa shape index (κ2) is 12.3. The van der Waals surface area contributed by atoms with E-state index >= 15 is 0 Å². The molecule has 1 aliphatic carbocycles. The van der Waals surface area contributed by atoms with Gasteiger partial charge in [0, 0.05) is 70.1 Å². The molecule has 0 saturated carbocycles. The predicted octanol–water partition coefficient (Wildman–Crippen LogP) is 2.61. The highest BCUT2D eigenvalue weighted by atomic mass is 16.5. The number of likely N-dealkylation sites (tertiary alicyclic amines) is 1. The molecule has 10 nitrogen and oxygen atoms in total. The number of amides is 1. The summed E-state index contributed by atoms with van der Waals surface area (Å²) in [6, 6.07) is 11.6. The Morgan fingerprint density at radius 1 is 1.14 bits per heavy atom. The van der Waals surface area contributed by atoms with Crippen molar-refractivity contribution in [3.63, 3.8) is 0 Å². The summed E-state index contributed by atoms with van der Waals surface area (Å²) in [6.07, 6.45) is 6.38. The summed E-state index contributed by atoms with van der Waals surface area (Å²) in [5.74, 6) is 0.741. The van der Waals surface area contributed by atoms with Crippen molar-refractivity contribution in [2.75, 3.05) is 63.2 Å². The average molecular weight is 572 g/mol. The first kappa shape index (κ1) is 28.4. The van der Waals surface area contributed by atoms with Crippen molar-refractivity contribution < 1.29 is 14.3 Å². The lowest BCUT2D eigenvalue weighted by Gasteiger charge is -2.43. The van der Waals surface area contributed by atoms with Crippen molar-refractivity contribution in [2.45, 2.75) is 62.8 Å². The Bertz CT molecular complexity index is 1360. The Morgan fingerprint density at radius 3 is 2.79 bits per heavy atom. The summed E-state index contributed by atoms with van der Waals surface area (Å²) in [5.41, 5.74) is 4.97. The molecular weight excluding hydrogens is 530 g/mol. The van der Waals surface area contributed by atoms with E-state index in [9.17, 15) is 10.1 Å². The van der Waals surface area contributed by atoms with Gasteiger partial charge in [-0.15, -0.1) is 0 Å². The number of carbonyl (C=O) groups excluding carboxylic acids is 1. The van der Waals surface area contributed by atoms with E-state index in [0.717, 1.165) is 68.8 Å². The van der Waals surface area contributed by atoms with Gasteiger partial charge in [-0.1, -0.05) is 24.8 Å². The molecular formula is C32H41N7O3. The number of nitriles is 1. The van der Waals surface area contributed by atoms with Crippen molar-refractivity contribution in [3.8, 4) is 12.1 Å². The lowest BCUT2D eigenvalue weighted by molar-refractivity contribution is -0.128. The van der Waals surface area contributed by atoms with Crippen LogP contribution in [0.3, 0.4) is 0 Å². The van der Waals surface area contributed by atoms with Crippen LogP contribution in [-0.2, 0) is 28.8 Å². The Labute approximate surface area is 248 Å². The molecule has 0 radical (unpaired) electrons. The minimum atomic E-state index is -0.230. The molecule has 10 heteroatoms. The first-order valence-electron chi connectivity index (χ1n) is 15.2. The van der Waals surface area contributed by atoms with E-state index in [4.69, 9.17) is 19.4 Å². The van der Waals surface area contributed by atoms with Crippen molar-refractivity contribution in [2.24, 2.45) is 0 Å². The maximum Gasteiger partial charge on any atom is 0.319 e.